The number of aliphatic imine (C=N–C) groups is 1. The van der Waals surface area contributed by atoms with E-state index in [0.717, 1.165) is 12.0 Å². The minimum atomic E-state index is -0.185. The van der Waals surface area contributed by atoms with E-state index < -0.39 is 0 Å². The molecule has 0 saturated carbocycles. The SMILES string of the molecule is C=C/C=C(C(=O)NC(/C=C\C)=C/N=C)\C(C)=C/CC. The van der Waals surface area contributed by atoms with E-state index in [4.69, 9.17) is 0 Å². The van der Waals surface area contributed by atoms with Gasteiger partial charge in [0.05, 0.1) is 5.70 Å². The maximum atomic E-state index is 12.2. The standard InChI is InChI=1S/C16H22N2O/c1-6-9-13(4)15(11-8-3)16(19)18-14(10-7-2)12-17-5/h7-12H,3,5-6H2,1-2,4H3,(H,18,19)/b10-7-,13-9-,14-12+,15-11+. The highest BCUT2D eigenvalue weighted by atomic mass is 16.1. The smallest absolute Gasteiger partial charge is 0.255 e. The van der Waals surface area contributed by atoms with Crippen LogP contribution in [0.3, 0.4) is 0 Å². The Labute approximate surface area is 115 Å². The summed E-state index contributed by atoms with van der Waals surface area (Å²) >= 11 is 0. The third kappa shape index (κ3) is 6.36. The second-order valence-electron chi connectivity index (χ2n) is 3.83. The van der Waals surface area contributed by atoms with Gasteiger partial charge in [0.2, 0.25) is 0 Å². The Morgan fingerprint density at radius 1 is 1.42 bits per heavy atom. The molecule has 1 N–H and O–H groups in total. The molecule has 0 aliphatic carbocycles. The van der Waals surface area contributed by atoms with Crippen LogP contribution in [0.5, 0.6) is 0 Å². The molecule has 0 spiro atoms. The molecule has 0 rings (SSSR count). The van der Waals surface area contributed by atoms with E-state index in [0.29, 0.717) is 11.3 Å². The van der Waals surface area contributed by atoms with Crippen LogP contribution in [-0.2, 0) is 4.79 Å². The molecule has 0 aromatic carbocycles. The summed E-state index contributed by atoms with van der Waals surface area (Å²) in [5.74, 6) is -0.185. The molecule has 0 unspecified atom stereocenters. The number of carbonyl (C=O) groups excluding carboxylic acids is 1. The Balaban J connectivity index is 5.19. The van der Waals surface area contributed by atoms with E-state index >= 15 is 0 Å². The number of hydrogen-bond donors (Lipinski definition) is 1. The molecule has 1 amide bonds. The maximum absolute atomic E-state index is 12.2. The van der Waals surface area contributed by atoms with Crippen molar-refractivity contribution in [2.24, 2.45) is 4.99 Å². The fourth-order valence-corrected chi connectivity index (χ4v) is 1.51. The van der Waals surface area contributed by atoms with Gasteiger partial charge in [-0.3, -0.25) is 9.79 Å². The molecule has 19 heavy (non-hydrogen) atoms. The van der Waals surface area contributed by atoms with Crippen LogP contribution in [0.25, 0.3) is 0 Å². The van der Waals surface area contributed by atoms with Crippen molar-refractivity contribution in [3.63, 3.8) is 0 Å². The lowest BCUT2D eigenvalue weighted by Crippen LogP contribution is -2.24. The summed E-state index contributed by atoms with van der Waals surface area (Å²) in [6.07, 6.45) is 11.3. The number of carbonyl (C=O) groups is 1. The highest BCUT2D eigenvalue weighted by Gasteiger charge is 2.10. The summed E-state index contributed by atoms with van der Waals surface area (Å²) in [5, 5.41) is 2.79. The first-order valence-electron chi connectivity index (χ1n) is 6.20. The van der Waals surface area contributed by atoms with Crippen molar-refractivity contribution in [3.05, 3.63) is 60.0 Å². The first-order valence-corrected chi connectivity index (χ1v) is 6.20. The van der Waals surface area contributed by atoms with Gasteiger partial charge in [0, 0.05) is 11.8 Å². The minimum absolute atomic E-state index is 0.185. The van der Waals surface area contributed by atoms with E-state index in [1.54, 1.807) is 18.2 Å². The molecule has 0 saturated heterocycles. The van der Waals surface area contributed by atoms with Crippen LogP contribution in [0.15, 0.2) is 65.0 Å². The zero-order chi connectivity index (χ0) is 14.7. The molecule has 3 nitrogen and oxygen atoms in total. The van der Waals surface area contributed by atoms with Gasteiger partial charge in [0.15, 0.2) is 0 Å². The quantitative estimate of drug-likeness (QED) is 0.422. The lowest BCUT2D eigenvalue weighted by atomic mass is 10.1. The van der Waals surface area contributed by atoms with Gasteiger partial charge in [-0.25, -0.2) is 0 Å². The van der Waals surface area contributed by atoms with E-state index in [1.807, 2.05) is 32.9 Å². The molecule has 0 fully saturated rings. The van der Waals surface area contributed by atoms with Crippen molar-refractivity contribution < 1.29 is 4.79 Å². The fraction of sp³-hybridized carbons (Fsp3) is 0.250. The number of allylic oxidation sites excluding steroid dienone is 5. The normalized spacial score (nSPS) is 13.5. The molecular formula is C16H22N2O. The molecule has 0 aliphatic heterocycles. The summed E-state index contributed by atoms with van der Waals surface area (Å²) in [6.45, 7) is 12.8. The van der Waals surface area contributed by atoms with Crippen LogP contribution in [-0.4, -0.2) is 12.6 Å². The molecule has 0 heterocycles. The van der Waals surface area contributed by atoms with Crippen molar-refractivity contribution in [1.29, 1.82) is 0 Å². The average molecular weight is 258 g/mol. The number of nitrogens with one attached hydrogen (secondary N) is 1. The molecular weight excluding hydrogens is 236 g/mol. The topological polar surface area (TPSA) is 41.5 Å². The van der Waals surface area contributed by atoms with Crippen molar-refractivity contribution in [3.8, 4) is 0 Å². The third-order valence-electron chi connectivity index (χ3n) is 2.30. The second kappa shape index (κ2) is 9.83. The van der Waals surface area contributed by atoms with E-state index in [9.17, 15) is 4.79 Å². The number of amides is 1. The van der Waals surface area contributed by atoms with E-state index in [-0.39, 0.29) is 5.91 Å². The summed E-state index contributed by atoms with van der Waals surface area (Å²) in [5.41, 5.74) is 2.12. The van der Waals surface area contributed by atoms with Gasteiger partial charge in [-0.15, -0.1) is 0 Å². The van der Waals surface area contributed by atoms with Crippen molar-refractivity contribution in [2.75, 3.05) is 0 Å². The van der Waals surface area contributed by atoms with Crippen LogP contribution in [0.1, 0.15) is 27.2 Å². The molecule has 0 aromatic rings. The van der Waals surface area contributed by atoms with Gasteiger partial charge in [0.1, 0.15) is 0 Å². The number of nitrogens with zero attached hydrogens (tertiary/aromatic N) is 1. The lowest BCUT2D eigenvalue weighted by Gasteiger charge is -2.09. The predicted molar refractivity (Wildman–Crippen MR) is 82.9 cm³/mol. The summed E-state index contributed by atoms with van der Waals surface area (Å²) in [6, 6.07) is 0. The van der Waals surface area contributed by atoms with Crippen LogP contribution in [0, 0.1) is 0 Å². The largest absolute Gasteiger partial charge is 0.321 e. The van der Waals surface area contributed by atoms with Gasteiger partial charge in [0.25, 0.3) is 5.91 Å². The van der Waals surface area contributed by atoms with Crippen LogP contribution in [0.2, 0.25) is 0 Å². The maximum Gasteiger partial charge on any atom is 0.255 e. The van der Waals surface area contributed by atoms with Crippen LogP contribution >= 0.6 is 0 Å². The van der Waals surface area contributed by atoms with E-state index in [2.05, 4.69) is 23.6 Å². The Kier molecular flexibility index (Phi) is 8.71. The van der Waals surface area contributed by atoms with Crippen molar-refractivity contribution in [1.82, 2.24) is 5.32 Å². The first-order chi connectivity index (χ1) is 9.10. The molecule has 3 heteroatoms. The van der Waals surface area contributed by atoms with Crippen LogP contribution < -0.4 is 5.32 Å². The molecule has 0 aromatic heterocycles. The Morgan fingerprint density at radius 3 is 2.58 bits per heavy atom. The van der Waals surface area contributed by atoms with Gasteiger partial charge >= 0.3 is 0 Å². The third-order valence-corrected chi connectivity index (χ3v) is 2.30. The molecule has 0 atom stereocenters. The first kappa shape index (κ1) is 16.8. The monoisotopic (exact) mass is 258 g/mol. The van der Waals surface area contributed by atoms with Crippen molar-refractivity contribution >= 4 is 12.6 Å². The number of hydrogen-bond acceptors (Lipinski definition) is 2. The Hall–Kier alpha value is -2.16. The summed E-state index contributed by atoms with van der Waals surface area (Å²) in [7, 11) is 0. The Bertz CT molecular complexity index is 451. The van der Waals surface area contributed by atoms with Gasteiger partial charge in [-0.05, 0) is 44.7 Å². The Morgan fingerprint density at radius 2 is 2.11 bits per heavy atom. The summed E-state index contributed by atoms with van der Waals surface area (Å²) < 4.78 is 0. The zero-order valence-corrected chi connectivity index (χ0v) is 11.9. The highest BCUT2D eigenvalue weighted by Crippen LogP contribution is 2.11. The lowest BCUT2D eigenvalue weighted by molar-refractivity contribution is -0.116. The minimum Gasteiger partial charge on any atom is -0.321 e. The van der Waals surface area contributed by atoms with Gasteiger partial charge in [-0.2, -0.15) is 0 Å². The summed E-state index contributed by atoms with van der Waals surface area (Å²) in [4.78, 5) is 15.9. The van der Waals surface area contributed by atoms with Crippen LogP contribution in [0.4, 0.5) is 0 Å². The molecule has 0 bridgehead atoms. The predicted octanol–water partition coefficient (Wildman–Crippen LogP) is 3.69. The highest BCUT2D eigenvalue weighted by molar-refractivity contribution is 5.99. The average Bonchev–Trinajstić information content (AvgIpc) is 2.36. The number of rotatable bonds is 7. The fourth-order valence-electron chi connectivity index (χ4n) is 1.51. The molecule has 0 radical (unpaired) electrons. The van der Waals surface area contributed by atoms with E-state index in [1.165, 1.54) is 6.20 Å². The van der Waals surface area contributed by atoms with Crippen molar-refractivity contribution in [2.45, 2.75) is 27.2 Å². The van der Waals surface area contributed by atoms with Gasteiger partial charge in [-0.1, -0.05) is 31.7 Å². The molecule has 0 aliphatic rings. The van der Waals surface area contributed by atoms with Gasteiger partial charge < -0.3 is 5.32 Å². The second-order valence-corrected chi connectivity index (χ2v) is 3.83. The zero-order valence-electron chi connectivity index (χ0n) is 11.9. The molecule has 102 valence electrons.